The second kappa shape index (κ2) is 5.51. The van der Waals surface area contributed by atoms with Gasteiger partial charge in [-0.3, -0.25) is 4.79 Å². The van der Waals surface area contributed by atoms with Crippen LogP contribution in [0.2, 0.25) is 0 Å². The molecule has 14 heavy (non-hydrogen) atoms. The molecule has 0 spiro atoms. The number of hydrogen-bond acceptors (Lipinski definition) is 3. The number of imidazole rings is 1. The standard InChI is InChI=1S/C10H12N2OS/c1-8-10(12-7-11-8)5-3-4-6-14-9(2)13/h7H,4,6H2,1-2H3,(H,11,12). The first kappa shape index (κ1) is 10.9. The molecule has 4 heteroatoms. The van der Waals surface area contributed by atoms with Crippen molar-refractivity contribution in [2.45, 2.75) is 20.3 Å². The topological polar surface area (TPSA) is 45.8 Å². The molecular formula is C10H12N2OS. The van der Waals surface area contributed by atoms with Crippen molar-refractivity contribution in [2.24, 2.45) is 0 Å². The zero-order valence-corrected chi connectivity index (χ0v) is 9.07. The smallest absolute Gasteiger partial charge is 0.185 e. The Balaban J connectivity index is 2.34. The van der Waals surface area contributed by atoms with Gasteiger partial charge in [-0.05, 0) is 12.8 Å². The number of hydrogen-bond donors (Lipinski definition) is 1. The molecule has 0 aliphatic rings. The quantitative estimate of drug-likeness (QED) is 0.595. The first-order chi connectivity index (χ1) is 6.70. The highest BCUT2D eigenvalue weighted by Gasteiger charge is 1.94. The summed E-state index contributed by atoms with van der Waals surface area (Å²) >= 11 is 1.30. The van der Waals surface area contributed by atoms with Gasteiger partial charge >= 0.3 is 0 Å². The Kier molecular flexibility index (Phi) is 4.27. The summed E-state index contributed by atoms with van der Waals surface area (Å²) in [5.41, 5.74) is 1.77. The highest BCUT2D eigenvalue weighted by Crippen LogP contribution is 2.02. The lowest BCUT2D eigenvalue weighted by atomic mass is 10.3. The second-order valence-electron chi connectivity index (χ2n) is 2.77. The van der Waals surface area contributed by atoms with Gasteiger partial charge < -0.3 is 4.98 Å². The van der Waals surface area contributed by atoms with Crippen LogP contribution >= 0.6 is 11.8 Å². The number of carbonyl (C=O) groups is 1. The minimum Gasteiger partial charge on any atom is -0.348 e. The van der Waals surface area contributed by atoms with Crippen LogP contribution in [0.1, 0.15) is 24.7 Å². The Hall–Kier alpha value is -1.21. The van der Waals surface area contributed by atoms with Crippen LogP contribution in [0, 0.1) is 18.8 Å². The number of carbonyl (C=O) groups excluding carboxylic acids is 1. The van der Waals surface area contributed by atoms with Gasteiger partial charge in [0.05, 0.1) is 6.33 Å². The predicted octanol–water partition coefficient (Wildman–Crippen LogP) is 1.74. The summed E-state index contributed by atoms with van der Waals surface area (Å²) in [6.07, 6.45) is 2.35. The summed E-state index contributed by atoms with van der Waals surface area (Å²) < 4.78 is 0. The van der Waals surface area contributed by atoms with Crippen LogP contribution in [0.5, 0.6) is 0 Å². The molecule has 1 aromatic rings. The highest BCUT2D eigenvalue weighted by molar-refractivity contribution is 8.13. The summed E-state index contributed by atoms with van der Waals surface area (Å²) in [7, 11) is 0. The molecule has 0 atom stereocenters. The third kappa shape index (κ3) is 3.67. The normalized spacial score (nSPS) is 9.29. The third-order valence-corrected chi connectivity index (χ3v) is 2.38. The summed E-state index contributed by atoms with van der Waals surface area (Å²) in [6, 6.07) is 0. The SMILES string of the molecule is CC(=O)SCCC#Cc1nc[nH]c1C. The van der Waals surface area contributed by atoms with Crippen molar-refractivity contribution >= 4 is 16.9 Å². The predicted molar refractivity (Wildman–Crippen MR) is 58.0 cm³/mol. The molecule has 0 saturated heterocycles. The fraction of sp³-hybridized carbons (Fsp3) is 0.400. The molecule has 1 heterocycles. The number of aromatic amines is 1. The average Bonchev–Trinajstić information content (AvgIpc) is 2.51. The van der Waals surface area contributed by atoms with Gasteiger partial charge in [0.15, 0.2) is 5.12 Å². The molecule has 0 aliphatic carbocycles. The molecule has 1 rings (SSSR count). The van der Waals surface area contributed by atoms with Gasteiger partial charge in [0.1, 0.15) is 5.69 Å². The number of aromatic nitrogens is 2. The van der Waals surface area contributed by atoms with Crippen molar-refractivity contribution in [3.63, 3.8) is 0 Å². The number of rotatable bonds is 2. The van der Waals surface area contributed by atoms with Crippen LogP contribution in [-0.2, 0) is 4.79 Å². The molecule has 3 nitrogen and oxygen atoms in total. The molecule has 0 aliphatic heterocycles. The van der Waals surface area contributed by atoms with E-state index in [0.717, 1.165) is 23.6 Å². The number of nitrogens with zero attached hydrogens (tertiary/aromatic N) is 1. The highest BCUT2D eigenvalue weighted by atomic mass is 32.2. The Morgan fingerprint density at radius 1 is 1.71 bits per heavy atom. The number of aryl methyl sites for hydroxylation is 1. The second-order valence-corrected chi connectivity index (χ2v) is 4.04. The molecule has 0 saturated carbocycles. The van der Waals surface area contributed by atoms with Crippen LogP contribution in [0.25, 0.3) is 0 Å². The summed E-state index contributed by atoms with van der Waals surface area (Å²) in [5.74, 6) is 6.68. The lowest BCUT2D eigenvalue weighted by Crippen LogP contribution is -1.84. The van der Waals surface area contributed by atoms with E-state index in [2.05, 4.69) is 21.8 Å². The van der Waals surface area contributed by atoms with E-state index in [-0.39, 0.29) is 5.12 Å². The number of H-pyrrole nitrogens is 1. The summed E-state index contributed by atoms with van der Waals surface area (Å²) in [5, 5.41) is 0.141. The zero-order valence-electron chi connectivity index (χ0n) is 8.26. The van der Waals surface area contributed by atoms with Crippen LogP contribution in [0.4, 0.5) is 0 Å². The molecule has 0 aromatic carbocycles. The maximum absolute atomic E-state index is 10.6. The van der Waals surface area contributed by atoms with Crippen LogP contribution in [-0.4, -0.2) is 20.8 Å². The maximum Gasteiger partial charge on any atom is 0.185 e. The van der Waals surface area contributed by atoms with Crippen molar-refractivity contribution in [1.29, 1.82) is 0 Å². The minimum absolute atomic E-state index is 0.141. The van der Waals surface area contributed by atoms with Crippen LogP contribution in [0.3, 0.4) is 0 Å². The average molecular weight is 208 g/mol. The molecule has 0 bridgehead atoms. The van der Waals surface area contributed by atoms with Gasteiger partial charge in [-0.2, -0.15) is 0 Å². The lowest BCUT2D eigenvalue weighted by Gasteiger charge is -1.88. The maximum atomic E-state index is 10.6. The van der Waals surface area contributed by atoms with E-state index >= 15 is 0 Å². The van der Waals surface area contributed by atoms with E-state index in [4.69, 9.17) is 0 Å². The Morgan fingerprint density at radius 2 is 2.50 bits per heavy atom. The monoisotopic (exact) mass is 208 g/mol. The zero-order chi connectivity index (χ0) is 10.4. The van der Waals surface area contributed by atoms with E-state index in [1.165, 1.54) is 11.8 Å². The van der Waals surface area contributed by atoms with Crippen molar-refractivity contribution in [3.8, 4) is 11.8 Å². The molecule has 0 fully saturated rings. The van der Waals surface area contributed by atoms with Gasteiger partial charge in [-0.25, -0.2) is 4.98 Å². The van der Waals surface area contributed by atoms with Crippen molar-refractivity contribution in [1.82, 2.24) is 9.97 Å². The van der Waals surface area contributed by atoms with Gasteiger partial charge in [0, 0.05) is 24.8 Å². The van der Waals surface area contributed by atoms with E-state index in [1.54, 1.807) is 13.3 Å². The Morgan fingerprint density at radius 3 is 3.07 bits per heavy atom. The molecule has 0 amide bonds. The fourth-order valence-electron chi connectivity index (χ4n) is 0.877. The molecule has 74 valence electrons. The van der Waals surface area contributed by atoms with E-state index in [0.29, 0.717) is 0 Å². The van der Waals surface area contributed by atoms with E-state index in [9.17, 15) is 4.79 Å². The van der Waals surface area contributed by atoms with E-state index in [1.807, 2.05) is 6.92 Å². The van der Waals surface area contributed by atoms with Gasteiger partial charge in [0.25, 0.3) is 0 Å². The van der Waals surface area contributed by atoms with Crippen molar-refractivity contribution < 1.29 is 4.79 Å². The van der Waals surface area contributed by atoms with Crippen LogP contribution < -0.4 is 0 Å². The third-order valence-electron chi connectivity index (χ3n) is 1.57. The first-order valence-electron chi connectivity index (χ1n) is 4.32. The summed E-state index contributed by atoms with van der Waals surface area (Å²) in [4.78, 5) is 17.6. The summed E-state index contributed by atoms with van der Waals surface area (Å²) in [6.45, 7) is 3.50. The molecule has 0 unspecified atom stereocenters. The van der Waals surface area contributed by atoms with Crippen molar-refractivity contribution in [3.05, 3.63) is 17.7 Å². The molecular weight excluding hydrogens is 196 g/mol. The fourth-order valence-corrected chi connectivity index (χ4v) is 1.37. The number of nitrogens with one attached hydrogen (secondary N) is 1. The molecule has 0 radical (unpaired) electrons. The van der Waals surface area contributed by atoms with Crippen molar-refractivity contribution in [2.75, 3.05) is 5.75 Å². The molecule has 1 N–H and O–H groups in total. The molecule has 1 aromatic heterocycles. The van der Waals surface area contributed by atoms with E-state index < -0.39 is 0 Å². The first-order valence-corrected chi connectivity index (χ1v) is 5.31. The Bertz CT molecular complexity index is 373. The minimum atomic E-state index is 0.141. The van der Waals surface area contributed by atoms with Gasteiger partial charge in [-0.15, -0.1) is 0 Å². The lowest BCUT2D eigenvalue weighted by molar-refractivity contribution is -0.109. The van der Waals surface area contributed by atoms with Gasteiger partial charge in [-0.1, -0.05) is 17.7 Å². The van der Waals surface area contributed by atoms with Crippen LogP contribution in [0.15, 0.2) is 6.33 Å². The largest absolute Gasteiger partial charge is 0.348 e. The Labute approximate surface area is 87.7 Å². The number of thioether (sulfide) groups is 1. The van der Waals surface area contributed by atoms with Gasteiger partial charge in [0.2, 0.25) is 0 Å².